The normalized spacial score (nSPS) is 10.3. The largest absolute Gasteiger partial charge is 0.495 e. The minimum Gasteiger partial charge on any atom is -0.495 e. The number of rotatable bonds is 9. The Labute approximate surface area is 209 Å². The first kappa shape index (κ1) is 24.3. The third-order valence-electron chi connectivity index (χ3n) is 5.42. The number of benzene rings is 4. The van der Waals surface area contributed by atoms with E-state index in [2.05, 4.69) is 10.6 Å². The van der Waals surface area contributed by atoms with Crippen molar-refractivity contribution in [3.8, 4) is 17.2 Å². The molecule has 0 saturated carbocycles. The maximum absolute atomic E-state index is 12.8. The average molecular weight is 483 g/mol. The van der Waals surface area contributed by atoms with E-state index in [4.69, 9.17) is 14.2 Å². The highest BCUT2D eigenvalue weighted by Crippen LogP contribution is 2.29. The van der Waals surface area contributed by atoms with Crippen LogP contribution in [0.2, 0.25) is 0 Å². The summed E-state index contributed by atoms with van der Waals surface area (Å²) in [5, 5.41) is 5.66. The van der Waals surface area contributed by atoms with Gasteiger partial charge in [0, 0.05) is 16.8 Å². The molecule has 0 bridgehead atoms. The zero-order valence-corrected chi connectivity index (χ0v) is 20.0. The van der Waals surface area contributed by atoms with Gasteiger partial charge in [0.05, 0.1) is 19.9 Å². The van der Waals surface area contributed by atoms with Gasteiger partial charge in [-0.05, 0) is 60.2 Å². The van der Waals surface area contributed by atoms with Crippen LogP contribution in [0.4, 0.5) is 11.4 Å². The molecule has 2 N–H and O–H groups in total. The second kappa shape index (κ2) is 11.6. The highest BCUT2D eigenvalue weighted by atomic mass is 16.5. The first-order valence-corrected chi connectivity index (χ1v) is 11.3. The molecule has 0 aliphatic carbocycles. The van der Waals surface area contributed by atoms with Gasteiger partial charge in [0.1, 0.15) is 12.4 Å². The van der Waals surface area contributed by atoms with Crippen LogP contribution in [0.15, 0.2) is 97.1 Å². The van der Waals surface area contributed by atoms with Crippen molar-refractivity contribution in [3.05, 3.63) is 114 Å². The van der Waals surface area contributed by atoms with Gasteiger partial charge in [-0.15, -0.1) is 0 Å². The molecule has 0 aliphatic rings. The highest BCUT2D eigenvalue weighted by Gasteiger charge is 2.13. The van der Waals surface area contributed by atoms with Crippen molar-refractivity contribution < 1.29 is 23.8 Å². The van der Waals surface area contributed by atoms with Gasteiger partial charge in [0.25, 0.3) is 11.8 Å². The van der Waals surface area contributed by atoms with Gasteiger partial charge < -0.3 is 24.8 Å². The first-order valence-electron chi connectivity index (χ1n) is 11.3. The molecule has 36 heavy (non-hydrogen) atoms. The van der Waals surface area contributed by atoms with E-state index < -0.39 is 0 Å². The molecule has 4 aromatic carbocycles. The molecule has 4 rings (SSSR count). The van der Waals surface area contributed by atoms with Crippen molar-refractivity contribution in [1.82, 2.24) is 0 Å². The maximum atomic E-state index is 12.8. The molecule has 7 nitrogen and oxygen atoms in total. The van der Waals surface area contributed by atoms with Gasteiger partial charge in [-0.2, -0.15) is 0 Å². The smallest absolute Gasteiger partial charge is 0.255 e. The van der Waals surface area contributed by atoms with E-state index in [0.29, 0.717) is 46.4 Å². The summed E-state index contributed by atoms with van der Waals surface area (Å²) >= 11 is 0. The molecular formula is C29H26N2O5. The van der Waals surface area contributed by atoms with Crippen LogP contribution in [0.25, 0.3) is 0 Å². The molecule has 7 heteroatoms. The van der Waals surface area contributed by atoms with Crippen LogP contribution in [0.3, 0.4) is 0 Å². The van der Waals surface area contributed by atoms with Gasteiger partial charge in [0.2, 0.25) is 0 Å². The predicted octanol–water partition coefficient (Wildman–Crippen LogP) is 5.79. The SMILES string of the molecule is COc1ccccc1NC(=O)c1ccc(NC(=O)c2ccc(OCc3ccccc3)c(OC)c2)cc1. The number of nitrogens with one attached hydrogen (secondary N) is 2. The zero-order valence-electron chi connectivity index (χ0n) is 20.0. The van der Waals surface area contributed by atoms with E-state index in [9.17, 15) is 9.59 Å². The molecule has 0 aliphatic heterocycles. The van der Waals surface area contributed by atoms with Crippen LogP contribution in [0, 0.1) is 0 Å². The number of hydrogen-bond donors (Lipinski definition) is 2. The van der Waals surface area contributed by atoms with Crippen LogP contribution in [0.5, 0.6) is 17.2 Å². The van der Waals surface area contributed by atoms with Crippen molar-refractivity contribution in [3.63, 3.8) is 0 Å². The highest BCUT2D eigenvalue weighted by molar-refractivity contribution is 6.07. The van der Waals surface area contributed by atoms with E-state index in [1.807, 2.05) is 42.5 Å². The summed E-state index contributed by atoms with van der Waals surface area (Å²) in [6, 6.07) is 28.6. The van der Waals surface area contributed by atoms with E-state index in [0.717, 1.165) is 5.56 Å². The summed E-state index contributed by atoms with van der Waals surface area (Å²) in [5.41, 5.74) is 3.02. The summed E-state index contributed by atoms with van der Waals surface area (Å²) < 4.78 is 16.5. The van der Waals surface area contributed by atoms with Crippen molar-refractivity contribution in [1.29, 1.82) is 0 Å². The van der Waals surface area contributed by atoms with E-state index in [1.54, 1.807) is 61.7 Å². The Morgan fingerprint density at radius 3 is 2.00 bits per heavy atom. The molecule has 182 valence electrons. The Morgan fingerprint density at radius 2 is 1.28 bits per heavy atom. The predicted molar refractivity (Wildman–Crippen MR) is 139 cm³/mol. The molecule has 0 atom stereocenters. The number of methoxy groups -OCH3 is 2. The second-order valence-electron chi connectivity index (χ2n) is 7.83. The number of anilines is 2. The molecule has 0 heterocycles. The summed E-state index contributed by atoms with van der Waals surface area (Å²) in [5.74, 6) is 0.981. The quantitative estimate of drug-likeness (QED) is 0.316. The van der Waals surface area contributed by atoms with E-state index in [-0.39, 0.29) is 11.8 Å². The summed E-state index contributed by atoms with van der Waals surface area (Å²) in [6.45, 7) is 0.389. The lowest BCUT2D eigenvalue weighted by Crippen LogP contribution is -2.14. The summed E-state index contributed by atoms with van der Waals surface area (Å²) in [6.07, 6.45) is 0. The first-order chi connectivity index (χ1) is 17.6. The molecule has 0 radical (unpaired) electrons. The van der Waals surface area contributed by atoms with Crippen LogP contribution in [-0.2, 0) is 6.61 Å². The van der Waals surface area contributed by atoms with Gasteiger partial charge in [0.15, 0.2) is 11.5 Å². The van der Waals surface area contributed by atoms with Crippen LogP contribution < -0.4 is 24.8 Å². The fraction of sp³-hybridized carbons (Fsp3) is 0.103. The maximum Gasteiger partial charge on any atom is 0.255 e. The Kier molecular flexibility index (Phi) is 7.83. The molecule has 4 aromatic rings. The van der Waals surface area contributed by atoms with Gasteiger partial charge in [-0.1, -0.05) is 42.5 Å². The Morgan fingerprint density at radius 1 is 0.639 bits per heavy atom. The molecule has 0 saturated heterocycles. The number of hydrogen-bond acceptors (Lipinski definition) is 5. The fourth-order valence-electron chi connectivity index (χ4n) is 3.51. The zero-order chi connectivity index (χ0) is 25.3. The number of carbonyl (C=O) groups is 2. The minimum absolute atomic E-state index is 0.284. The van der Waals surface area contributed by atoms with Crippen molar-refractivity contribution >= 4 is 23.2 Å². The van der Waals surface area contributed by atoms with Crippen molar-refractivity contribution in [2.45, 2.75) is 6.61 Å². The fourth-order valence-corrected chi connectivity index (χ4v) is 3.51. The number of amides is 2. The molecular weight excluding hydrogens is 456 g/mol. The molecule has 0 unspecified atom stereocenters. The standard InChI is InChI=1S/C29H26N2O5/c1-34-25-11-7-6-10-24(25)31-28(32)21-12-15-23(16-13-21)30-29(33)22-14-17-26(27(18-22)35-2)36-19-20-8-4-3-5-9-20/h3-18H,19H2,1-2H3,(H,30,33)(H,31,32). The van der Waals surface area contributed by atoms with Crippen LogP contribution in [-0.4, -0.2) is 26.0 Å². The number of carbonyl (C=O) groups excluding carboxylic acids is 2. The third-order valence-corrected chi connectivity index (χ3v) is 5.42. The lowest BCUT2D eigenvalue weighted by molar-refractivity contribution is 0.101. The monoisotopic (exact) mass is 482 g/mol. The van der Waals surface area contributed by atoms with Crippen molar-refractivity contribution in [2.75, 3.05) is 24.9 Å². The second-order valence-corrected chi connectivity index (χ2v) is 7.83. The van der Waals surface area contributed by atoms with Gasteiger partial charge in [-0.3, -0.25) is 9.59 Å². The molecule has 0 spiro atoms. The lowest BCUT2D eigenvalue weighted by atomic mass is 10.1. The molecule has 0 aromatic heterocycles. The Hall–Kier alpha value is -4.78. The average Bonchev–Trinajstić information content (AvgIpc) is 2.93. The minimum atomic E-state index is -0.311. The Balaban J connectivity index is 1.39. The van der Waals surface area contributed by atoms with Gasteiger partial charge >= 0.3 is 0 Å². The number of ether oxygens (including phenoxy) is 3. The third kappa shape index (κ3) is 6.01. The summed E-state index contributed by atoms with van der Waals surface area (Å²) in [7, 11) is 3.07. The van der Waals surface area contributed by atoms with E-state index in [1.165, 1.54) is 7.11 Å². The Bertz CT molecular complexity index is 1340. The van der Waals surface area contributed by atoms with Crippen LogP contribution in [0.1, 0.15) is 26.3 Å². The molecule has 0 fully saturated rings. The molecule has 2 amide bonds. The lowest BCUT2D eigenvalue weighted by Gasteiger charge is -2.13. The van der Waals surface area contributed by atoms with Gasteiger partial charge in [-0.25, -0.2) is 0 Å². The topological polar surface area (TPSA) is 85.9 Å². The van der Waals surface area contributed by atoms with Crippen LogP contribution >= 0.6 is 0 Å². The van der Waals surface area contributed by atoms with Crippen molar-refractivity contribution in [2.24, 2.45) is 0 Å². The summed E-state index contributed by atoms with van der Waals surface area (Å²) in [4.78, 5) is 25.4. The van der Waals surface area contributed by atoms with E-state index >= 15 is 0 Å². The number of para-hydroxylation sites is 2.